The number of hydrogen-bond acceptors (Lipinski definition) is 3. The molecule has 1 heterocycles. The minimum atomic E-state index is -0.0478. The Bertz CT molecular complexity index is 463. The van der Waals surface area contributed by atoms with E-state index in [1.54, 1.807) is 11.7 Å². The van der Waals surface area contributed by atoms with Gasteiger partial charge in [0, 0.05) is 16.6 Å². The quantitative estimate of drug-likeness (QED) is 0.921. The van der Waals surface area contributed by atoms with Crippen molar-refractivity contribution in [1.82, 2.24) is 10.3 Å². The average molecular weight is 262 g/mol. The van der Waals surface area contributed by atoms with Crippen molar-refractivity contribution in [2.45, 2.75) is 27.3 Å². The topological polar surface area (TPSA) is 42.0 Å². The van der Waals surface area contributed by atoms with Crippen LogP contribution in [-0.2, 0) is 6.54 Å². The first-order chi connectivity index (χ1) is 8.75. The smallest absolute Gasteiger partial charge is 0.251 e. The highest BCUT2D eigenvalue weighted by Gasteiger charge is 2.04. The van der Waals surface area contributed by atoms with Gasteiger partial charge in [-0.05, 0) is 19.1 Å². The first-order valence-electron chi connectivity index (χ1n) is 5.98. The third kappa shape index (κ3) is 4.30. The first-order valence-corrected chi connectivity index (χ1v) is 6.86. The molecule has 0 unspecified atom stereocenters. The van der Waals surface area contributed by atoms with E-state index in [9.17, 15) is 4.79 Å². The van der Waals surface area contributed by atoms with Crippen molar-refractivity contribution in [3.63, 3.8) is 0 Å². The standard InChI is InChI=1S/C12H12N2OS.C2H6/c1-9-2-4-10(5-3-9)12(15)14-7-11-6-13-8-16-11;1-2/h2-6,8H,7H2,1H3,(H,14,15);1-2H3. The fourth-order valence-electron chi connectivity index (χ4n) is 1.30. The fourth-order valence-corrected chi connectivity index (χ4v) is 1.84. The van der Waals surface area contributed by atoms with Crippen LogP contribution in [0.2, 0.25) is 0 Å². The van der Waals surface area contributed by atoms with Crippen molar-refractivity contribution >= 4 is 17.2 Å². The number of rotatable bonds is 3. The summed E-state index contributed by atoms with van der Waals surface area (Å²) in [7, 11) is 0. The van der Waals surface area contributed by atoms with Gasteiger partial charge in [0.15, 0.2) is 0 Å². The summed E-state index contributed by atoms with van der Waals surface area (Å²) in [5.74, 6) is -0.0478. The van der Waals surface area contributed by atoms with Crippen LogP contribution in [0.4, 0.5) is 0 Å². The lowest BCUT2D eigenvalue weighted by Crippen LogP contribution is -2.22. The van der Waals surface area contributed by atoms with Crippen molar-refractivity contribution in [2.75, 3.05) is 0 Å². The number of carbonyl (C=O) groups is 1. The molecule has 0 fully saturated rings. The Morgan fingerprint density at radius 1 is 1.28 bits per heavy atom. The van der Waals surface area contributed by atoms with E-state index >= 15 is 0 Å². The van der Waals surface area contributed by atoms with Gasteiger partial charge in [-0.3, -0.25) is 9.78 Å². The number of benzene rings is 1. The fraction of sp³-hybridized carbons (Fsp3) is 0.286. The van der Waals surface area contributed by atoms with Gasteiger partial charge in [-0.1, -0.05) is 31.5 Å². The van der Waals surface area contributed by atoms with Gasteiger partial charge in [0.1, 0.15) is 0 Å². The molecule has 1 aromatic carbocycles. The molecule has 1 N–H and O–H groups in total. The number of carbonyl (C=O) groups excluding carboxylic acids is 1. The molecule has 0 aliphatic carbocycles. The van der Waals surface area contributed by atoms with Crippen LogP contribution in [-0.4, -0.2) is 10.9 Å². The second kappa shape index (κ2) is 7.61. The van der Waals surface area contributed by atoms with Crippen LogP contribution in [0.3, 0.4) is 0 Å². The van der Waals surface area contributed by atoms with E-state index in [1.807, 2.05) is 45.0 Å². The molecule has 0 saturated heterocycles. The van der Waals surface area contributed by atoms with Crippen molar-refractivity contribution in [1.29, 1.82) is 0 Å². The molecule has 0 saturated carbocycles. The molecule has 0 spiro atoms. The summed E-state index contributed by atoms with van der Waals surface area (Å²) in [6, 6.07) is 7.53. The van der Waals surface area contributed by atoms with Crippen LogP contribution in [0.15, 0.2) is 36.0 Å². The van der Waals surface area contributed by atoms with Crippen molar-refractivity contribution in [2.24, 2.45) is 0 Å². The molecule has 4 heteroatoms. The molecular formula is C14H18N2OS. The normalized spacial score (nSPS) is 9.28. The maximum atomic E-state index is 11.7. The number of nitrogens with one attached hydrogen (secondary N) is 1. The lowest BCUT2D eigenvalue weighted by atomic mass is 10.1. The zero-order chi connectivity index (χ0) is 13.4. The van der Waals surface area contributed by atoms with Gasteiger partial charge >= 0.3 is 0 Å². The van der Waals surface area contributed by atoms with Gasteiger partial charge in [0.25, 0.3) is 5.91 Å². The monoisotopic (exact) mass is 262 g/mol. The highest BCUT2D eigenvalue weighted by Crippen LogP contribution is 2.06. The number of amides is 1. The Balaban J connectivity index is 0.000000771. The molecule has 96 valence electrons. The summed E-state index contributed by atoms with van der Waals surface area (Å²) < 4.78 is 0. The Hall–Kier alpha value is -1.68. The Morgan fingerprint density at radius 2 is 1.94 bits per heavy atom. The minimum Gasteiger partial charge on any atom is -0.347 e. The van der Waals surface area contributed by atoms with E-state index in [0.717, 1.165) is 10.4 Å². The predicted molar refractivity (Wildman–Crippen MR) is 75.8 cm³/mol. The Morgan fingerprint density at radius 3 is 2.50 bits per heavy atom. The molecule has 0 aliphatic rings. The molecule has 0 atom stereocenters. The van der Waals surface area contributed by atoms with Crippen LogP contribution >= 0.6 is 11.3 Å². The second-order valence-corrected chi connectivity index (χ2v) is 4.49. The lowest BCUT2D eigenvalue weighted by Gasteiger charge is -2.03. The third-order valence-electron chi connectivity index (χ3n) is 2.22. The average Bonchev–Trinajstić information content (AvgIpc) is 2.92. The maximum Gasteiger partial charge on any atom is 0.251 e. The van der Waals surface area contributed by atoms with Gasteiger partial charge in [0.2, 0.25) is 0 Å². The SMILES string of the molecule is CC.Cc1ccc(C(=O)NCc2cncs2)cc1. The van der Waals surface area contributed by atoms with Crippen LogP contribution in [0, 0.1) is 6.92 Å². The van der Waals surface area contributed by atoms with E-state index in [-0.39, 0.29) is 5.91 Å². The molecule has 1 aromatic heterocycles. The summed E-state index contributed by atoms with van der Waals surface area (Å²) in [6.45, 7) is 6.54. The van der Waals surface area contributed by atoms with Crippen LogP contribution in [0.25, 0.3) is 0 Å². The van der Waals surface area contributed by atoms with E-state index in [1.165, 1.54) is 11.3 Å². The summed E-state index contributed by atoms with van der Waals surface area (Å²) in [5.41, 5.74) is 3.60. The van der Waals surface area contributed by atoms with Gasteiger partial charge < -0.3 is 5.32 Å². The van der Waals surface area contributed by atoms with Gasteiger partial charge in [-0.25, -0.2) is 0 Å². The molecule has 3 nitrogen and oxygen atoms in total. The summed E-state index contributed by atoms with van der Waals surface area (Å²) in [6.07, 6.45) is 1.76. The van der Waals surface area contributed by atoms with Gasteiger partial charge in [-0.15, -0.1) is 11.3 Å². The van der Waals surface area contributed by atoms with Crippen LogP contribution in [0.5, 0.6) is 0 Å². The zero-order valence-electron chi connectivity index (χ0n) is 10.9. The Kier molecular flexibility index (Phi) is 6.08. The van der Waals surface area contributed by atoms with Crippen LogP contribution in [0.1, 0.15) is 34.6 Å². The molecule has 18 heavy (non-hydrogen) atoms. The molecule has 0 bridgehead atoms. The summed E-state index contributed by atoms with van der Waals surface area (Å²) in [4.78, 5) is 16.7. The number of aromatic nitrogens is 1. The van der Waals surface area contributed by atoms with Crippen molar-refractivity contribution < 1.29 is 4.79 Å². The van der Waals surface area contributed by atoms with E-state index in [4.69, 9.17) is 0 Å². The molecule has 0 aliphatic heterocycles. The van der Waals surface area contributed by atoms with Gasteiger partial charge in [0.05, 0.1) is 12.1 Å². The molecule has 2 aromatic rings. The largest absolute Gasteiger partial charge is 0.347 e. The third-order valence-corrected chi connectivity index (χ3v) is 3.00. The van der Waals surface area contributed by atoms with Gasteiger partial charge in [-0.2, -0.15) is 0 Å². The number of hydrogen-bond donors (Lipinski definition) is 1. The molecule has 1 amide bonds. The highest BCUT2D eigenvalue weighted by atomic mass is 32.1. The first kappa shape index (κ1) is 14.4. The van der Waals surface area contributed by atoms with E-state index in [0.29, 0.717) is 12.1 Å². The molecule has 0 radical (unpaired) electrons. The second-order valence-electron chi connectivity index (χ2n) is 3.52. The Labute approximate surface area is 112 Å². The predicted octanol–water partition coefficient (Wildman–Crippen LogP) is 3.41. The molecular weight excluding hydrogens is 244 g/mol. The zero-order valence-corrected chi connectivity index (χ0v) is 11.8. The number of aryl methyl sites for hydroxylation is 1. The van der Waals surface area contributed by atoms with E-state index < -0.39 is 0 Å². The maximum absolute atomic E-state index is 11.7. The number of nitrogens with zero attached hydrogens (tertiary/aromatic N) is 1. The number of thiazole rings is 1. The highest BCUT2D eigenvalue weighted by molar-refractivity contribution is 7.09. The summed E-state index contributed by atoms with van der Waals surface area (Å²) >= 11 is 1.54. The lowest BCUT2D eigenvalue weighted by molar-refractivity contribution is 0.0951. The van der Waals surface area contributed by atoms with Crippen molar-refractivity contribution in [3.05, 3.63) is 52.0 Å². The molecule has 2 rings (SSSR count). The van der Waals surface area contributed by atoms with E-state index in [2.05, 4.69) is 10.3 Å². The van der Waals surface area contributed by atoms with Crippen LogP contribution < -0.4 is 5.32 Å². The summed E-state index contributed by atoms with van der Waals surface area (Å²) in [5, 5.41) is 2.85. The van der Waals surface area contributed by atoms with Crippen molar-refractivity contribution in [3.8, 4) is 0 Å². The minimum absolute atomic E-state index is 0.0478.